The molecule has 6 atom stereocenters. The quantitative estimate of drug-likeness (QED) is 0.740. The van der Waals surface area contributed by atoms with Gasteiger partial charge in [-0.15, -0.1) is 0 Å². The van der Waals surface area contributed by atoms with E-state index < -0.39 is 0 Å². The molecule has 0 radical (unpaired) electrons. The van der Waals surface area contributed by atoms with Gasteiger partial charge < -0.3 is 5.41 Å². The second-order valence-corrected chi connectivity index (χ2v) is 8.83. The summed E-state index contributed by atoms with van der Waals surface area (Å²) in [6.07, 6.45) is 7.09. The van der Waals surface area contributed by atoms with E-state index in [-0.39, 0.29) is 16.7 Å². The monoisotopic (exact) mass is 301 g/mol. The summed E-state index contributed by atoms with van der Waals surface area (Å²) >= 11 is 0. The van der Waals surface area contributed by atoms with E-state index in [9.17, 15) is 9.59 Å². The Kier molecular flexibility index (Phi) is 3.00. The van der Waals surface area contributed by atoms with Crippen LogP contribution in [0.1, 0.15) is 65.2 Å². The highest BCUT2D eigenvalue weighted by Gasteiger charge is 2.61. The Hall–Kier alpha value is -0.990. The first kappa shape index (κ1) is 14.6. The number of hydrogen-bond acceptors (Lipinski definition) is 3. The molecule has 4 fully saturated rings. The Bertz CT molecular complexity index is 568. The number of carbonyl (C=O) groups is 2. The van der Waals surface area contributed by atoms with Gasteiger partial charge in [-0.2, -0.15) is 0 Å². The fraction of sp³-hybridized carbons (Fsp3) is 0.842. The molecule has 0 amide bonds. The first-order valence-corrected chi connectivity index (χ1v) is 8.98. The van der Waals surface area contributed by atoms with Gasteiger partial charge in [0.05, 0.1) is 0 Å². The molecule has 4 unspecified atom stereocenters. The van der Waals surface area contributed by atoms with Crippen molar-refractivity contribution in [3.63, 3.8) is 0 Å². The van der Waals surface area contributed by atoms with E-state index in [0.717, 1.165) is 44.2 Å². The van der Waals surface area contributed by atoms with Crippen LogP contribution in [0.3, 0.4) is 0 Å². The van der Waals surface area contributed by atoms with Crippen molar-refractivity contribution in [3.05, 3.63) is 0 Å². The third-order valence-electron chi connectivity index (χ3n) is 8.03. The van der Waals surface area contributed by atoms with Crippen molar-refractivity contribution in [1.82, 2.24) is 0 Å². The van der Waals surface area contributed by atoms with E-state index in [1.54, 1.807) is 0 Å². The summed E-state index contributed by atoms with van der Waals surface area (Å²) in [5.41, 5.74) is 0.703. The maximum Gasteiger partial charge on any atom is 0.139 e. The van der Waals surface area contributed by atoms with Crippen LogP contribution in [0, 0.1) is 39.9 Å². The van der Waals surface area contributed by atoms with Crippen LogP contribution in [-0.4, -0.2) is 17.3 Å². The first-order chi connectivity index (χ1) is 10.4. The van der Waals surface area contributed by atoms with Crippen molar-refractivity contribution in [2.24, 2.45) is 34.5 Å². The van der Waals surface area contributed by atoms with Crippen molar-refractivity contribution >= 4 is 17.3 Å². The molecular weight excluding hydrogens is 274 g/mol. The number of hydrogen-bond donors (Lipinski definition) is 1. The van der Waals surface area contributed by atoms with E-state index in [1.165, 1.54) is 0 Å². The molecule has 4 rings (SSSR count). The lowest BCUT2D eigenvalue weighted by Gasteiger charge is -2.58. The number of ketones is 2. The molecular formula is C19H27NO2. The van der Waals surface area contributed by atoms with Gasteiger partial charge in [0.25, 0.3) is 0 Å². The normalized spacial score (nSPS) is 51.3. The predicted octanol–water partition coefficient (Wildman–Crippen LogP) is 3.80. The molecule has 4 saturated carbocycles. The molecule has 0 saturated heterocycles. The van der Waals surface area contributed by atoms with E-state index in [1.807, 2.05) is 0 Å². The molecule has 0 aromatic heterocycles. The SMILES string of the molecule is C[C@]12CCC(=N)CC1C(=O)CC1C2CC[C@]2(C)C(=O)CCC12. The highest BCUT2D eigenvalue weighted by atomic mass is 16.1. The Morgan fingerprint density at radius 2 is 1.77 bits per heavy atom. The molecule has 1 N–H and O–H groups in total. The predicted molar refractivity (Wildman–Crippen MR) is 84.9 cm³/mol. The Balaban J connectivity index is 1.71. The molecule has 0 bridgehead atoms. The maximum atomic E-state index is 12.8. The van der Waals surface area contributed by atoms with Gasteiger partial charge in [0.15, 0.2) is 0 Å². The molecule has 22 heavy (non-hydrogen) atoms. The van der Waals surface area contributed by atoms with Crippen LogP contribution >= 0.6 is 0 Å². The number of fused-ring (bicyclic) bond motifs is 5. The van der Waals surface area contributed by atoms with Gasteiger partial charge in [-0.05, 0) is 61.7 Å². The molecule has 120 valence electrons. The molecule has 0 spiro atoms. The molecule has 3 heteroatoms. The summed E-state index contributed by atoms with van der Waals surface area (Å²) in [5, 5.41) is 8.00. The van der Waals surface area contributed by atoms with Crippen LogP contribution in [0.2, 0.25) is 0 Å². The van der Waals surface area contributed by atoms with Gasteiger partial charge >= 0.3 is 0 Å². The molecule has 0 aromatic rings. The standard InChI is InChI=1S/C19H27NO2/c1-18-7-5-11(20)9-15(18)16(21)10-12-13-3-4-17(22)19(13,2)8-6-14(12)18/h12-15,20H,3-10H2,1-2H3/t12?,13?,14?,15?,18-,19+/m1/s1. The molecule has 4 aliphatic rings. The van der Waals surface area contributed by atoms with Gasteiger partial charge in [-0.25, -0.2) is 0 Å². The number of carbonyl (C=O) groups excluding carboxylic acids is 2. The average molecular weight is 301 g/mol. The molecule has 0 aliphatic heterocycles. The third kappa shape index (κ3) is 1.71. The Morgan fingerprint density at radius 3 is 2.55 bits per heavy atom. The minimum absolute atomic E-state index is 0.0801. The van der Waals surface area contributed by atoms with Gasteiger partial charge in [0.2, 0.25) is 0 Å². The van der Waals surface area contributed by atoms with Gasteiger partial charge in [-0.1, -0.05) is 13.8 Å². The minimum Gasteiger partial charge on any atom is -0.310 e. The molecule has 3 nitrogen and oxygen atoms in total. The van der Waals surface area contributed by atoms with Crippen molar-refractivity contribution in [1.29, 1.82) is 5.41 Å². The van der Waals surface area contributed by atoms with Gasteiger partial charge in [-0.3, -0.25) is 9.59 Å². The summed E-state index contributed by atoms with van der Waals surface area (Å²) in [4.78, 5) is 25.2. The van der Waals surface area contributed by atoms with E-state index in [4.69, 9.17) is 5.41 Å². The topological polar surface area (TPSA) is 58.0 Å². The van der Waals surface area contributed by atoms with Crippen molar-refractivity contribution in [2.75, 3.05) is 0 Å². The highest BCUT2D eigenvalue weighted by Crippen LogP contribution is 2.64. The summed E-state index contributed by atoms with van der Waals surface area (Å²) in [6.45, 7) is 4.48. The van der Waals surface area contributed by atoms with Crippen LogP contribution in [0.4, 0.5) is 0 Å². The number of nitrogens with one attached hydrogen (secondary N) is 1. The van der Waals surface area contributed by atoms with Gasteiger partial charge in [0.1, 0.15) is 11.6 Å². The summed E-state index contributed by atoms with van der Waals surface area (Å²) in [6, 6.07) is 0. The zero-order chi connectivity index (χ0) is 15.7. The number of rotatable bonds is 0. The smallest absolute Gasteiger partial charge is 0.139 e. The zero-order valence-electron chi connectivity index (χ0n) is 13.8. The van der Waals surface area contributed by atoms with E-state index in [2.05, 4.69) is 13.8 Å². The van der Waals surface area contributed by atoms with E-state index >= 15 is 0 Å². The largest absolute Gasteiger partial charge is 0.310 e. The van der Waals surface area contributed by atoms with Crippen LogP contribution in [0.25, 0.3) is 0 Å². The molecule has 0 heterocycles. The van der Waals surface area contributed by atoms with Crippen molar-refractivity contribution in [3.8, 4) is 0 Å². The van der Waals surface area contributed by atoms with Gasteiger partial charge in [0, 0.05) is 29.9 Å². The summed E-state index contributed by atoms with van der Waals surface area (Å²) < 4.78 is 0. The van der Waals surface area contributed by atoms with Crippen LogP contribution in [-0.2, 0) is 9.59 Å². The van der Waals surface area contributed by atoms with Crippen LogP contribution in [0.15, 0.2) is 0 Å². The number of Topliss-reactive ketones (excluding diaryl/α,β-unsaturated/α-hetero) is 2. The lowest BCUT2D eigenvalue weighted by atomic mass is 9.45. The van der Waals surface area contributed by atoms with Crippen LogP contribution < -0.4 is 0 Å². The molecule has 0 aromatic carbocycles. The average Bonchev–Trinajstić information content (AvgIpc) is 2.77. The van der Waals surface area contributed by atoms with E-state index in [0.29, 0.717) is 42.2 Å². The summed E-state index contributed by atoms with van der Waals surface area (Å²) in [7, 11) is 0. The van der Waals surface area contributed by atoms with Crippen molar-refractivity contribution < 1.29 is 9.59 Å². The first-order valence-electron chi connectivity index (χ1n) is 8.98. The fourth-order valence-corrected chi connectivity index (χ4v) is 6.64. The maximum absolute atomic E-state index is 12.8. The molecule has 4 aliphatic carbocycles. The highest BCUT2D eigenvalue weighted by molar-refractivity contribution is 5.92. The second kappa shape index (κ2) is 4.52. The summed E-state index contributed by atoms with van der Waals surface area (Å²) in [5.74, 6) is 2.36. The zero-order valence-corrected chi connectivity index (χ0v) is 13.8. The lowest BCUT2D eigenvalue weighted by Crippen LogP contribution is -2.56. The second-order valence-electron chi connectivity index (χ2n) is 8.83. The Morgan fingerprint density at radius 1 is 1.00 bits per heavy atom. The van der Waals surface area contributed by atoms with Crippen LogP contribution in [0.5, 0.6) is 0 Å². The fourth-order valence-electron chi connectivity index (χ4n) is 6.64. The van der Waals surface area contributed by atoms with Crippen molar-refractivity contribution in [2.45, 2.75) is 65.2 Å². The minimum atomic E-state index is -0.147. The lowest BCUT2D eigenvalue weighted by molar-refractivity contribution is -0.152. The third-order valence-corrected chi connectivity index (χ3v) is 8.03. The Labute approximate surface area is 132 Å².